The van der Waals surface area contributed by atoms with Gasteiger partial charge in [-0.05, 0) is 32.1 Å². The van der Waals surface area contributed by atoms with E-state index in [2.05, 4.69) is 11.8 Å². The number of hydrogen-bond donors (Lipinski definition) is 1. The van der Waals surface area contributed by atoms with Gasteiger partial charge in [0.05, 0.1) is 0 Å². The van der Waals surface area contributed by atoms with Crippen LogP contribution in [0.2, 0.25) is 0 Å². The molecule has 0 aromatic rings. The van der Waals surface area contributed by atoms with Gasteiger partial charge in [-0.1, -0.05) is 0 Å². The number of piperidine rings is 1. The average molecular weight is 154 g/mol. The van der Waals surface area contributed by atoms with E-state index in [9.17, 15) is 0 Å². The van der Waals surface area contributed by atoms with Crippen molar-refractivity contribution in [2.45, 2.75) is 38.3 Å². The molecule has 1 aliphatic heterocycles. The second-order valence-corrected chi connectivity index (χ2v) is 4.26. The minimum absolute atomic E-state index is 0.356. The highest BCUT2D eigenvalue weighted by Crippen LogP contribution is 2.36. The topological polar surface area (TPSA) is 29.3 Å². The van der Waals surface area contributed by atoms with Crippen LogP contribution in [-0.4, -0.2) is 30.1 Å². The summed E-state index contributed by atoms with van der Waals surface area (Å²) in [6.45, 7) is 4.54. The molecule has 2 aliphatic rings. The zero-order valence-corrected chi connectivity index (χ0v) is 7.29. The van der Waals surface area contributed by atoms with E-state index in [0.717, 1.165) is 18.5 Å². The molecule has 0 aromatic heterocycles. The van der Waals surface area contributed by atoms with Crippen molar-refractivity contribution in [3.63, 3.8) is 0 Å². The maximum absolute atomic E-state index is 5.76. The molecule has 2 nitrogen and oxygen atoms in total. The van der Waals surface area contributed by atoms with Crippen molar-refractivity contribution < 1.29 is 0 Å². The Morgan fingerprint density at radius 3 is 2.82 bits per heavy atom. The second kappa shape index (κ2) is 2.76. The maximum atomic E-state index is 5.76. The van der Waals surface area contributed by atoms with Crippen molar-refractivity contribution in [3.05, 3.63) is 0 Å². The van der Waals surface area contributed by atoms with Crippen molar-refractivity contribution in [3.8, 4) is 0 Å². The zero-order chi connectivity index (χ0) is 7.84. The highest BCUT2D eigenvalue weighted by Gasteiger charge is 2.37. The quantitative estimate of drug-likeness (QED) is 0.638. The van der Waals surface area contributed by atoms with E-state index < -0.39 is 0 Å². The van der Waals surface area contributed by atoms with Crippen LogP contribution in [0.25, 0.3) is 0 Å². The number of rotatable bonds is 2. The number of hydrogen-bond acceptors (Lipinski definition) is 2. The van der Waals surface area contributed by atoms with Crippen molar-refractivity contribution in [1.29, 1.82) is 0 Å². The highest BCUT2D eigenvalue weighted by molar-refractivity contribution is 4.92. The summed E-state index contributed by atoms with van der Waals surface area (Å²) in [6, 6.07) is 1.25. The van der Waals surface area contributed by atoms with E-state index in [0.29, 0.717) is 6.04 Å². The lowest BCUT2D eigenvalue weighted by atomic mass is 10.1. The molecule has 3 atom stereocenters. The Balaban J connectivity index is 1.87. The molecule has 64 valence electrons. The molecule has 1 saturated heterocycles. The summed E-state index contributed by atoms with van der Waals surface area (Å²) in [5, 5.41) is 0. The summed E-state index contributed by atoms with van der Waals surface area (Å²) >= 11 is 0. The van der Waals surface area contributed by atoms with Crippen LogP contribution in [0.1, 0.15) is 26.2 Å². The van der Waals surface area contributed by atoms with Gasteiger partial charge >= 0.3 is 0 Å². The molecule has 0 radical (unpaired) electrons. The Labute approximate surface area is 68.7 Å². The smallest absolute Gasteiger partial charge is 0.0139 e. The van der Waals surface area contributed by atoms with Crippen LogP contribution in [-0.2, 0) is 0 Å². The molecule has 0 spiro atoms. The molecule has 2 bridgehead atoms. The number of fused-ring (bicyclic) bond motifs is 2. The van der Waals surface area contributed by atoms with Crippen molar-refractivity contribution in [2.75, 3.05) is 13.1 Å². The molecule has 2 unspecified atom stereocenters. The van der Waals surface area contributed by atoms with E-state index in [4.69, 9.17) is 5.73 Å². The van der Waals surface area contributed by atoms with Gasteiger partial charge in [0.1, 0.15) is 0 Å². The molecular formula is C9H18N2. The van der Waals surface area contributed by atoms with E-state index in [1.54, 1.807) is 0 Å². The molecule has 0 amide bonds. The lowest BCUT2D eigenvalue weighted by molar-refractivity contribution is 0.204. The number of nitrogens with zero attached hydrogens (tertiary/aromatic N) is 1. The normalized spacial score (nSPS) is 39.8. The Morgan fingerprint density at radius 1 is 1.55 bits per heavy atom. The Bertz CT molecular complexity index is 144. The Morgan fingerprint density at radius 2 is 2.36 bits per heavy atom. The summed E-state index contributed by atoms with van der Waals surface area (Å²) in [5.41, 5.74) is 5.76. The van der Waals surface area contributed by atoms with E-state index in [-0.39, 0.29) is 0 Å². The first-order chi connectivity index (χ1) is 5.25. The van der Waals surface area contributed by atoms with E-state index >= 15 is 0 Å². The first kappa shape index (κ1) is 7.56. The van der Waals surface area contributed by atoms with Gasteiger partial charge in [0.25, 0.3) is 0 Å². The fraction of sp³-hybridized carbons (Fsp3) is 1.00. The summed E-state index contributed by atoms with van der Waals surface area (Å²) in [6.07, 6.45) is 4.35. The third-order valence-electron chi connectivity index (χ3n) is 3.05. The van der Waals surface area contributed by atoms with Gasteiger partial charge in [0, 0.05) is 25.2 Å². The predicted molar refractivity (Wildman–Crippen MR) is 46.4 cm³/mol. The molecule has 2 fully saturated rings. The lowest BCUT2D eigenvalue weighted by Gasteiger charge is -2.27. The average Bonchev–Trinajstić information content (AvgIpc) is 2.45. The van der Waals surface area contributed by atoms with Gasteiger partial charge in [0.2, 0.25) is 0 Å². The van der Waals surface area contributed by atoms with Gasteiger partial charge in [0.15, 0.2) is 0 Å². The van der Waals surface area contributed by atoms with Crippen LogP contribution >= 0.6 is 0 Å². The lowest BCUT2D eigenvalue weighted by Crippen LogP contribution is -2.40. The highest BCUT2D eigenvalue weighted by atomic mass is 15.2. The molecule has 1 aliphatic carbocycles. The SMILES string of the molecule is C[C@H](N)CN1CC2CCC1C2. The van der Waals surface area contributed by atoms with Crippen LogP contribution in [0.4, 0.5) is 0 Å². The molecule has 2 rings (SSSR count). The molecule has 11 heavy (non-hydrogen) atoms. The van der Waals surface area contributed by atoms with Gasteiger partial charge in [-0.3, -0.25) is 4.90 Å². The van der Waals surface area contributed by atoms with Crippen LogP contribution in [0.15, 0.2) is 0 Å². The maximum Gasteiger partial charge on any atom is 0.0139 e. The van der Waals surface area contributed by atoms with Gasteiger partial charge in [-0.25, -0.2) is 0 Å². The van der Waals surface area contributed by atoms with Crippen LogP contribution in [0, 0.1) is 5.92 Å². The van der Waals surface area contributed by atoms with E-state index in [1.807, 2.05) is 0 Å². The van der Waals surface area contributed by atoms with Crippen LogP contribution in [0.5, 0.6) is 0 Å². The largest absolute Gasteiger partial charge is 0.327 e. The number of nitrogens with two attached hydrogens (primary N) is 1. The molecule has 2 N–H and O–H groups in total. The molecule has 0 aromatic carbocycles. The fourth-order valence-electron chi connectivity index (χ4n) is 2.62. The molecule has 1 heterocycles. The summed E-state index contributed by atoms with van der Waals surface area (Å²) in [7, 11) is 0. The first-order valence-corrected chi connectivity index (χ1v) is 4.75. The third-order valence-corrected chi connectivity index (χ3v) is 3.05. The van der Waals surface area contributed by atoms with Gasteiger partial charge < -0.3 is 5.73 Å². The summed E-state index contributed by atoms with van der Waals surface area (Å²) in [4.78, 5) is 2.58. The monoisotopic (exact) mass is 154 g/mol. The van der Waals surface area contributed by atoms with E-state index in [1.165, 1.54) is 25.8 Å². The van der Waals surface area contributed by atoms with Gasteiger partial charge in [-0.15, -0.1) is 0 Å². The van der Waals surface area contributed by atoms with Crippen molar-refractivity contribution >= 4 is 0 Å². The standard InChI is InChI=1S/C9H18N2/c1-7(10)5-11-6-8-2-3-9(11)4-8/h7-9H,2-6,10H2,1H3/t7-,8?,9?/m0/s1. The molecule has 2 heteroatoms. The van der Waals surface area contributed by atoms with Crippen LogP contribution < -0.4 is 5.73 Å². The summed E-state index contributed by atoms with van der Waals surface area (Å²) < 4.78 is 0. The van der Waals surface area contributed by atoms with Gasteiger partial charge in [-0.2, -0.15) is 0 Å². The number of likely N-dealkylation sites (tertiary alicyclic amines) is 1. The molecule has 1 saturated carbocycles. The zero-order valence-electron chi connectivity index (χ0n) is 7.29. The Kier molecular flexibility index (Phi) is 1.90. The Hall–Kier alpha value is -0.0800. The minimum atomic E-state index is 0.356. The van der Waals surface area contributed by atoms with Crippen LogP contribution in [0.3, 0.4) is 0 Å². The third kappa shape index (κ3) is 1.42. The first-order valence-electron chi connectivity index (χ1n) is 4.75. The van der Waals surface area contributed by atoms with Crippen molar-refractivity contribution in [2.24, 2.45) is 11.7 Å². The van der Waals surface area contributed by atoms with Crippen molar-refractivity contribution in [1.82, 2.24) is 4.90 Å². The molecular weight excluding hydrogens is 136 g/mol. The summed E-state index contributed by atoms with van der Waals surface area (Å²) in [5.74, 6) is 1.01. The minimum Gasteiger partial charge on any atom is -0.327 e. The second-order valence-electron chi connectivity index (χ2n) is 4.26. The fourth-order valence-corrected chi connectivity index (χ4v) is 2.62. The predicted octanol–water partition coefficient (Wildman–Crippen LogP) is 0.818.